The van der Waals surface area contributed by atoms with E-state index >= 15 is 0 Å². The van der Waals surface area contributed by atoms with E-state index in [1.807, 2.05) is 6.55 Å². The standard InChI is InChI=1S/C21H25.C6H14Si.C5H5.Zr/c1-20(2,3)16-7-9-18-14(12-16)11-15-13-17(21(4,5)6)8-10-19(15)18;1-3-5-7-6-4-2;1-2-4-5-3-1;/h7-10,12H,11H2,1-6H3;3-6H2,1-2H3;1-3H,4H2;. The molecule has 0 spiro atoms. The predicted octanol–water partition coefficient (Wildman–Crippen LogP) is 8.75. The van der Waals surface area contributed by atoms with Gasteiger partial charge >= 0.3 is 218 Å². The Labute approximate surface area is 217 Å². The van der Waals surface area contributed by atoms with Crippen molar-refractivity contribution in [2.75, 3.05) is 0 Å². The molecule has 180 valence electrons. The molecule has 2 aliphatic rings. The molecule has 2 heteroatoms. The fourth-order valence-corrected chi connectivity index (χ4v) is 30.0. The molecule has 2 aromatic rings. The van der Waals surface area contributed by atoms with Crippen molar-refractivity contribution in [2.24, 2.45) is 0 Å². The maximum absolute atomic E-state index is 2.55. The zero-order valence-electron chi connectivity index (χ0n) is 22.9. The van der Waals surface area contributed by atoms with Gasteiger partial charge in [0.25, 0.3) is 0 Å². The van der Waals surface area contributed by atoms with Crippen LogP contribution in [0, 0.1) is 0 Å². The van der Waals surface area contributed by atoms with Gasteiger partial charge in [-0.1, -0.05) is 0 Å². The van der Waals surface area contributed by atoms with Gasteiger partial charge in [-0.3, -0.25) is 0 Å². The van der Waals surface area contributed by atoms with Crippen LogP contribution in [0.5, 0.6) is 0 Å². The van der Waals surface area contributed by atoms with E-state index < -0.39 is 20.4 Å². The van der Waals surface area contributed by atoms with Crippen LogP contribution in [-0.2, 0) is 37.6 Å². The van der Waals surface area contributed by atoms with Crippen molar-refractivity contribution >= 4 is 8.70 Å². The van der Waals surface area contributed by atoms with Crippen molar-refractivity contribution in [1.82, 2.24) is 0 Å². The van der Waals surface area contributed by atoms with Gasteiger partial charge in [0.15, 0.2) is 0 Å². The second kappa shape index (κ2) is 10.2. The first-order chi connectivity index (χ1) is 16.1. The van der Waals surface area contributed by atoms with Crippen LogP contribution in [0.1, 0.15) is 96.9 Å². The SMILES string of the molecule is CCC[Si](CCC)=[Zr]([C]1=CC=CC1)[c]1c(C(C)(C)C)ccc2c1Cc1cc(C(C)(C)C)ccc1-2. The molecule has 0 heterocycles. The van der Waals surface area contributed by atoms with Crippen LogP contribution in [0.3, 0.4) is 0 Å². The van der Waals surface area contributed by atoms with E-state index in [2.05, 4.69) is 104 Å². The molecular formula is C32H44SiZr. The number of benzene rings is 2. The Morgan fingerprint density at radius 1 is 0.853 bits per heavy atom. The minimum atomic E-state index is -2.04. The van der Waals surface area contributed by atoms with Gasteiger partial charge in [-0.2, -0.15) is 0 Å². The summed E-state index contributed by atoms with van der Waals surface area (Å²) in [4.78, 5) is 0. The molecule has 0 unspecified atom stereocenters. The van der Waals surface area contributed by atoms with Gasteiger partial charge in [-0.25, -0.2) is 0 Å². The monoisotopic (exact) mass is 546 g/mol. The molecule has 2 aliphatic carbocycles. The second-order valence-corrected chi connectivity index (χ2v) is 27.4. The van der Waals surface area contributed by atoms with E-state index in [0.717, 1.165) is 6.42 Å². The van der Waals surface area contributed by atoms with Crippen molar-refractivity contribution in [2.45, 2.75) is 104 Å². The molecule has 0 saturated carbocycles. The number of rotatable bonds is 6. The molecule has 0 nitrogen and oxygen atoms in total. The summed E-state index contributed by atoms with van der Waals surface area (Å²) in [6.45, 7) is 19.2. The van der Waals surface area contributed by atoms with Crippen molar-refractivity contribution in [3.8, 4) is 11.1 Å². The van der Waals surface area contributed by atoms with E-state index in [9.17, 15) is 0 Å². The Bertz CT molecular complexity index is 1170. The fraction of sp³-hybridized carbons (Fsp3) is 0.500. The van der Waals surface area contributed by atoms with E-state index in [-0.39, 0.29) is 16.3 Å². The van der Waals surface area contributed by atoms with Gasteiger partial charge in [0.2, 0.25) is 0 Å². The summed E-state index contributed by atoms with van der Waals surface area (Å²) in [7, 11) is 0. The summed E-state index contributed by atoms with van der Waals surface area (Å²) in [6, 6.07) is 15.4. The van der Waals surface area contributed by atoms with Crippen LogP contribution < -0.4 is 3.27 Å². The topological polar surface area (TPSA) is 0 Å². The molecule has 0 fully saturated rings. The van der Waals surface area contributed by atoms with Crippen molar-refractivity contribution < 1.29 is 20.4 Å². The third-order valence-corrected chi connectivity index (χ3v) is 27.9. The molecule has 4 rings (SSSR count). The summed E-state index contributed by atoms with van der Waals surface area (Å²) >= 11 is -2.04. The van der Waals surface area contributed by atoms with Crippen LogP contribution in [-0.4, -0.2) is 5.43 Å². The first kappa shape index (κ1) is 26.1. The first-order valence-corrected chi connectivity index (χ1v) is 21.5. The Balaban J connectivity index is 2.01. The molecule has 0 saturated heterocycles. The number of allylic oxidation sites excluding steroid dienone is 4. The Hall–Kier alpha value is -0.980. The predicted molar refractivity (Wildman–Crippen MR) is 150 cm³/mol. The molecule has 0 N–H and O–H groups in total. The number of hydrogen-bond donors (Lipinski definition) is 0. The van der Waals surface area contributed by atoms with Gasteiger partial charge < -0.3 is 0 Å². The fourth-order valence-electron chi connectivity index (χ4n) is 5.83. The van der Waals surface area contributed by atoms with E-state index in [0.29, 0.717) is 0 Å². The molecular weight excluding hydrogens is 504 g/mol. The second-order valence-electron chi connectivity index (χ2n) is 12.4. The van der Waals surface area contributed by atoms with Crippen LogP contribution in [0.2, 0.25) is 12.1 Å². The Morgan fingerprint density at radius 2 is 1.53 bits per heavy atom. The van der Waals surface area contributed by atoms with Gasteiger partial charge in [0.05, 0.1) is 0 Å². The van der Waals surface area contributed by atoms with E-state index in [1.54, 1.807) is 22.3 Å². The van der Waals surface area contributed by atoms with Crippen molar-refractivity contribution in [1.29, 1.82) is 0 Å². The number of fused-ring (bicyclic) bond motifs is 3. The van der Waals surface area contributed by atoms with Crippen LogP contribution in [0.4, 0.5) is 0 Å². The van der Waals surface area contributed by atoms with E-state index in [4.69, 9.17) is 0 Å². The third-order valence-electron chi connectivity index (χ3n) is 7.55. The molecule has 0 aliphatic heterocycles. The summed E-state index contributed by atoms with van der Waals surface area (Å²) < 4.78 is 3.79. The first-order valence-electron chi connectivity index (χ1n) is 13.4. The summed E-state index contributed by atoms with van der Waals surface area (Å²) in [6.07, 6.45) is 12.4. The maximum atomic E-state index is 2.55. The van der Waals surface area contributed by atoms with Gasteiger partial charge in [0, 0.05) is 0 Å². The van der Waals surface area contributed by atoms with Gasteiger partial charge in [-0.05, 0) is 0 Å². The Kier molecular flexibility index (Phi) is 7.81. The molecule has 2 aromatic carbocycles. The average molecular weight is 548 g/mol. The quantitative estimate of drug-likeness (QED) is 0.271. The zero-order chi connectivity index (χ0) is 24.7. The molecule has 0 bridgehead atoms. The zero-order valence-corrected chi connectivity index (χ0v) is 26.3. The third kappa shape index (κ3) is 5.10. The summed E-state index contributed by atoms with van der Waals surface area (Å²) in [5, 5.41) is 0. The van der Waals surface area contributed by atoms with Crippen LogP contribution in [0.15, 0.2) is 51.8 Å². The molecule has 0 aromatic heterocycles. The summed E-state index contributed by atoms with van der Waals surface area (Å²) in [5.74, 6) is 0. The van der Waals surface area contributed by atoms with Crippen molar-refractivity contribution in [3.05, 3.63) is 74.1 Å². The molecule has 0 atom stereocenters. The minimum absolute atomic E-state index is 0.194. The Morgan fingerprint density at radius 3 is 2.09 bits per heavy atom. The molecule has 34 heavy (non-hydrogen) atoms. The normalized spacial score (nSPS) is 14.8. The van der Waals surface area contributed by atoms with Crippen LogP contribution in [0.25, 0.3) is 11.1 Å². The van der Waals surface area contributed by atoms with Crippen LogP contribution >= 0.6 is 0 Å². The number of hydrogen-bond acceptors (Lipinski definition) is 0. The van der Waals surface area contributed by atoms with Gasteiger partial charge in [0.1, 0.15) is 0 Å². The average Bonchev–Trinajstić information content (AvgIpc) is 3.40. The van der Waals surface area contributed by atoms with Gasteiger partial charge in [-0.15, -0.1) is 0 Å². The van der Waals surface area contributed by atoms with E-state index in [1.165, 1.54) is 42.5 Å². The molecule has 0 amide bonds. The molecule has 0 radical (unpaired) electrons. The summed E-state index contributed by atoms with van der Waals surface area (Å²) in [5.41, 5.74) is 9.54. The van der Waals surface area contributed by atoms with Crippen molar-refractivity contribution in [3.63, 3.8) is 0 Å².